The van der Waals surface area contributed by atoms with Crippen LogP contribution in [0.5, 0.6) is 0 Å². The SMILES string of the molecule is CC(C)(C)OC(=O)N(CCCCN(Cc1ccccc1)Cc1ccccc1)CCCNC(c1ccccc1)(c1ccccc1)c1ccccc1. The predicted molar refractivity (Wildman–Crippen MR) is 206 cm³/mol. The van der Waals surface area contributed by atoms with Gasteiger partial charge in [0.1, 0.15) is 5.60 Å². The van der Waals surface area contributed by atoms with Gasteiger partial charge in [-0.15, -0.1) is 0 Å². The zero-order chi connectivity index (χ0) is 35.1. The van der Waals surface area contributed by atoms with Gasteiger partial charge < -0.3 is 9.64 Å². The molecular formula is C45H53N3O2. The van der Waals surface area contributed by atoms with E-state index in [1.54, 1.807) is 0 Å². The largest absolute Gasteiger partial charge is 0.444 e. The van der Waals surface area contributed by atoms with Gasteiger partial charge in [-0.05, 0) is 80.9 Å². The van der Waals surface area contributed by atoms with Crippen molar-refractivity contribution in [3.63, 3.8) is 0 Å². The number of hydrogen-bond acceptors (Lipinski definition) is 4. The third kappa shape index (κ3) is 10.6. The summed E-state index contributed by atoms with van der Waals surface area (Å²) >= 11 is 0. The molecule has 0 aliphatic heterocycles. The molecule has 260 valence electrons. The second-order valence-electron chi connectivity index (χ2n) is 14.0. The van der Waals surface area contributed by atoms with Crippen LogP contribution in [0.3, 0.4) is 0 Å². The molecule has 0 heterocycles. The molecule has 1 amide bonds. The summed E-state index contributed by atoms with van der Waals surface area (Å²) < 4.78 is 5.90. The minimum atomic E-state index is -0.557. The highest BCUT2D eigenvalue weighted by atomic mass is 16.6. The number of rotatable bonds is 17. The van der Waals surface area contributed by atoms with Gasteiger partial charge >= 0.3 is 6.09 Å². The van der Waals surface area contributed by atoms with Crippen LogP contribution >= 0.6 is 0 Å². The minimum Gasteiger partial charge on any atom is -0.444 e. The second-order valence-corrected chi connectivity index (χ2v) is 14.0. The highest BCUT2D eigenvalue weighted by Gasteiger charge is 2.35. The van der Waals surface area contributed by atoms with E-state index in [1.807, 2.05) is 25.7 Å². The normalized spacial score (nSPS) is 11.8. The third-order valence-corrected chi connectivity index (χ3v) is 8.92. The smallest absolute Gasteiger partial charge is 0.410 e. The summed E-state index contributed by atoms with van der Waals surface area (Å²) in [6, 6.07) is 53.3. The second kappa shape index (κ2) is 18.3. The van der Waals surface area contributed by atoms with Gasteiger partial charge in [-0.1, -0.05) is 152 Å². The first kappa shape index (κ1) is 36.6. The Morgan fingerprint density at radius 2 is 0.920 bits per heavy atom. The Bertz CT molecular complexity index is 1540. The zero-order valence-electron chi connectivity index (χ0n) is 30.0. The summed E-state index contributed by atoms with van der Waals surface area (Å²) in [6.45, 7) is 10.5. The molecule has 0 radical (unpaired) electrons. The molecule has 0 atom stereocenters. The van der Waals surface area contributed by atoms with E-state index in [0.29, 0.717) is 19.6 Å². The van der Waals surface area contributed by atoms with Crippen LogP contribution in [-0.4, -0.2) is 47.7 Å². The molecule has 0 unspecified atom stereocenters. The van der Waals surface area contributed by atoms with Crippen LogP contribution in [0.4, 0.5) is 4.79 Å². The lowest BCUT2D eigenvalue weighted by atomic mass is 9.77. The van der Waals surface area contributed by atoms with E-state index in [-0.39, 0.29) is 6.09 Å². The number of hydrogen-bond donors (Lipinski definition) is 1. The van der Waals surface area contributed by atoms with E-state index in [0.717, 1.165) is 38.9 Å². The maximum absolute atomic E-state index is 13.5. The maximum atomic E-state index is 13.5. The minimum absolute atomic E-state index is 0.247. The number of unbranched alkanes of at least 4 members (excludes halogenated alkanes) is 1. The van der Waals surface area contributed by atoms with Gasteiger partial charge in [0.2, 0.25) is 0 Å². The van der Waals surface area contributed by atoms with Crippen LogP contribution in [0, 0.1) is 0 Å². The summed E-state index contributed by atoms with van der Waals surface area (Å²) in [5.41, 5.74) is 5.05. The molecular weight excluding hydrogens is 615 g/mol. The van der Waals surface area contributed by atoms with Crippen LogP contribution in [0.2, 0.25) is 0 Å². The molecule has 0 saturated heterocycles. The van der Waals surface area contributed by atoms with Crippen LogP contribution in [-0.2, 0) is 23.4 Å². The Kier molecular flexibility index (Phi) is 13.4. The number of benzene rings is 5. The van der Waals surface area contributed by atoms with Gasteiger partial charge in [-0.3, -0.25) is 10.2 Å². The molecule has 0 spiro atoms. The number of amides is 1. The molecule has 0 bridgehead atoms. The van der Waals surface area contributed by atoms with Crippen LogP contribution in [0.1, 0.15) is 67.9 Å². The molecule has 0 aliphatic carbocycles. The van der Waals surface area contributed by atoms with Gasteiger partial charge in [-0.2, -0.15) is 0 Å². The van der Waals surface area contributed by atoms with Gasteiger partial charge in [-0.25, -0.2) is 4.79 Å². The van der Waals surface area contributed by atoms with Crippen molar-refractivity contribution in [2.24, 2.45) is 0 Å². The van der Waals surface area contributed by atoms with Crippen molar-refractivity contribution < 1.29 is 9.53 Å². The number of nitrogens with zero attached hydrogens (tertiary/aromatic N) is 2. The monoisotopic (exact) mass is 667 g/mol. The summed E-state index contributed by atoms with van der Waals surface area (Å²) in [6.07, 6.45) is 2.41. The zero-order valence-corrected chi connectivity index (χ0v) is 30.0. The average Bonchev–Trinajstić information content (AvgIpc) is 3.14. The van der Waals surface area contributed by atoms with Crippen molar-refractivity contribution in [2.45, 2.75) is 64.3 Å². The van der Waals surface area contributed by atoms with Crippen molar-refractivity contribution in [3.05, 3.63) is 179 Å². The molecule has 5 rings (SSSR count). The van der Waals surface area contributed by atoms with E-state index >= 15 is 0 Å². The molecule has 5 aromatic rings. The number of carbonyl (C=O) groups is 1. The first-order chi connectivity index (χ1) is 24.3. The summed E-state index contributed by atoms with van der Waals surface area (Å²) in [5, 5.41) is 3.97. The van der Waals surface area contributed by atoms with Gasteiger partial charge in [0.15, 0.2) is 0 Å². The summed E-state index contributed by atoms with van der Waals surface area (Å²) in [7, 11) is 0. The molecule has 0 fully saturated rings. The lowest BCUT2D eigenvalue weighted by Crippen LogP contribution is -2.46. The van der Waals surface area contributed by atoms with E-state index < -0.39 is 11.1 Å². The van der Waals surface area contributed by atoms with E-state index in [1.165, 1.54) is 27.8 Å². The lowest BCUT2D eigenvalue weighted by Gasteiger charge is -2.37. The van der Waals surface area contributed by atoms with Gasteiger partial charge in [0, 0.05) is 26.2 Å². The van der Waals surface area contributed by atoms with Crippen molar-refractivity contribution in [1.82, 2.24) is 15.1 Å². The summed E-state index contributed by atoms with van der Waals surface area (Å²) in [4.78, 5) is 17.9. The van der Waals surface area contributed by atoms with Crippen LogP contribution in [0.25, 0.3) is 0 Å². The number of ether oxygens (including phenoxy) is 1. The molecule has 5 aromatic carbocycles. The predicted octanol–water partition coefficient (Wildman–Crippen LogP) is 9.68. The average molecular weight is 668 g/mol. The molecule has 5 nitrogen and oxygen atoms in total. The highest BCUT2D eigenvalue weighted by molar-refractivity contribution is 5.68. The first-order valence-corrected chi connectivity index (χ1v) is 18.0. The maximum Gasteiger partial charge on any atom is 0.410 e. The molecule has 5 heteroatoms. The molecule has 50 heavy (non-hydrogen) atoms. The fraction of sp³-hybridized carbons (Fsp3) is 0.311. The molecule has 1 N–H and O–H groups in total. The van der Waals surface area contributed by atoms with E-state index in [9.17, 15) is 4.79 Å². The molecule has 0 aromatic heterocycles. The quantitative estimate of drug-likeness (QED) is 0.0793. The fourth-order valence-corrected chi connectivity index (χ4v) is 6.57. The molecule has 0 saturated carbocycles. The number of nitrogens with one attached hydrogen (secondary N) is 1. The molecule has 0 aliphatic rings. The summed E-state index contributed by atoms with van der Waals surface area (Å²) in [5.74, 6) is 0. The van der Waals surface area contributed by atoms with Crippen molar-refractivity contribution in [3.8, 4) is 0 Å². The Balaban J connectivity index is 1.26. The highest BCUT2D eigenvalue weighted by Crippen LogP contribution is 2.36. The Morgan fingerprint density at radius 3 is 1.34 bits per heavy atom. The fourth-order valence-electron chi connectivity index (χ4n) is 6.57. The van der Waals surface area contributed by atoms with Crippen molar-refractivity contribution in [1.29, 1.82) is 0 Å². The standard InChI is InChI=1S/C45H53N3O2/c1-44(2,3)50-43(49)48(34-20-19-33-47(36-38-22-9-4-10-23-38)37-39-24-11-5-12-25-39)35-21-32-46-45(40-26-13-6-14-27-40,41-28-15-7-16-29-41)42-30-17-8-18-31-42/h4-18,22-31,46H,19-21,32-37H2,1-3H3. The van der Waals surface area contributed by atoms with Crippen molar-refractivity contribution in [2.75, 3.05) is 26.2 Å². The van der Waals surface area contributed by atoms with Crippen LogP contribution in [0.15, 0.2) is 152 Å². The Labute approximate surface area is 299 Å². The lowest BCUT2D eigenvalue weighted by molar-refractivity contribution is 0.0243. The Hall–Kier alpha value is -4.71. The van der Waals surface area contributed by atoms with Crippen molar-refractivity contribution >= 4 is 6.09 Å². The van der Waals surface area contributed by atoms with E-state index in [2.05, 4.69) is 162 Å². The van der Waals surface area contributed by atoms with Gasteiger partial charge in [0.25, 0.3) is 0 Å². The number of carbonyl (C=O) groups excluding carboxylic acids is 1. The van der Waals surface area contributed by atoms with Gasteiger partial charge in [0.05, 0.1) is 5.54 Å². The van der Waals surface area contributed by atoms with E-state index in [4.69, 9.17) is 4.74 Å². The third-order valence-electron chi connectivity index (χ3n) is 8.92. The first-order valence-electron chi connectivity index (χ1n) is 18.0. The topological polar surface area (TPSA) is 44.8 Å². The Morgan fingerprint density at radius 1 is 0.540 bits per heavy atom. The van der Waals surface area contributed by atoms with Crippen LogP contribution < -0.4 is 5.32 Å².